The fraction of sp³-hybridized carbons (Fsp3) is 1.00. The summed E-state index contributed by atoms with van der Waals surface area (Å²) in [4.78, 5) is 0. The summed E-state index contributed by atoms with van der Waals surface area (Å²) < 4.78 is 73.3. The van der Waals surface area contributed by atoms with Gasteiger partial charge in [-0.2, -0.15) is 0 Å². The molecule has 0 aliphatic carbocycles. The molecule has 0 amide bonds. The molecule has 7 aliphatic heterocycles. The van der Waals surface area contributed by atoms with Crippen LogP contribution in [-0.2, 0) is 61.6 Å². The van der Waals surface area contributed by atoms with Crippen LogP contribution in [0.5, 0.6) is 0 Å². The summed E-state index contributed by atoms with van der Waals surface area (Å²) in [5.41, 5.74) is 0. The van der Waals surface area contributed by atoms with Gasteiger partial charge < -0.3 is 169 Å². The maximum absolute atomic E-state index is 11.8. The zero-order chi connectivity index (χ0) is 54.2. The van der Waals surface area contributed by atoms with Crippen LogP contribution in [0.2, 0.25) is 0 Å². The predicted octanol–water partition coefficient (Wildman–Crippen LogP) is -15.0. The molecular formula is C40H68O34. The molecule has 74 heavy (non-hydrogen) atoms. The van der Waals surface area contributed by atoms with E-state index in [0.29, 0.717) is 0 Å². The average molecular weight is 1090 g/mol. The van der Waals surface area contributed by atoms with Gasteiger partial charge in [0, 0.05) is 0 Å². The third-order valence-corrected chi connectivity index (χ3v) is 13.7. The first kappa shape index (κ1) is 60.3. The Morgan fingerprint density at radius 3 is 1.07 bits per heavy atom. The normalized spacial score (nSPS) is 53.7. The molecular weight excluding hydrogens is 1020 g/mol. The lowest BCUT2D eigenvalue weighted by Gasteiger charge is -2.49. The van der Waals surface area contributed by atoms with Gasteiger partial charge in [0.2, 0.25) is 0 Å². The highest BCUT2D eigenvalue weighted by atomic mass is 16.8. The molecule has 33 atom stereocenters. The quantitative estimate of drug-likeness (QED) is 0.0643. The maximum Gasteiger partial charge on any atom is 0.187 e. The maximum atomic E-state index is 11.8. The van der Waals surface area contributed by atoms with Crippen LogP contribution < -0.4 is 0 Å². The molecule has 34 heteroatoms. The molecule has 7 saturated heterocycles. The zero-order valence-electron chi connectivity index (χ0n) is 38.7. The largest absolute Gasteiger partial charge is 0.394 e. The first-order valence-electron chi connectivity index (χ1n) is 23.5. The SMILES string of the molecule is OC[C@H]1O[C@@H](O[C@H]2[C@@H](OC[C@H]3O[C@@H](O[C@H]4[C@H](O)[C@@H](O)[C@H](O)O[C@@H]4CO)[C@H](O)[C@@H](O)[C@@H]3O[C@@H]3O[C@H](CO[C@H]4OC[C@@H](O)[C@H](O)[C@H]4O)[C@@H](O[C@@H]4O[C@H](CO)[C@@H](O)[C@H](O)[C@H]4O)[C@H](O)[C@H]3O)OC[C@@H](O)[C@@H]2O)[C@H](O)[C@@H](O)[C@H]1O. The van der Waals surface area contributed by atoms with Crippen molar-refractivity contribution in [2.24, 2.45) is 0 Å². The van der Waals surface area contributed by atoms with Crippen LogP contribution in [0.15, 0.2) is 0 Å². The number of aliphatic hydroxyl groups excluding tert-OH is 21. The van der Waals surface area contributed by atoms with E-state index in [1.807, 2.05) is 0 Å². The van der Waals surface area contributed by atoms with Crippen LogP contribution in [0.1, 0.15) is 0 Å². The van der Waals surface area contributed by atoms with E-state index in [1.165, 1.54) is 0 Å². The second-order valence-electron chi connectivity index (χ2n) is 18.8. The Balaban J connectivity index is 1.16. The van der Waals surface area contributed by atoms with Gasteiger partial charge in [0.15, 0.2) is 44.0 Å². The molecule has 0 aromatic rings. The van der Waals surface area contributed by atoms with Crippen molar-refractivity contribution in [3.8, 4) is 0 Å². The smallest absolute Gasteiger partial charge is 0.187 e. The number of aliphatic hydroxyl groups is 21. The van der Waals surface area contributed by atoms with Crippen LogP contribution in [0.3, 0.4) is 0 Å². The minimum atomic E-state index is -2.31. The number of ether oxygens (including phenoxy) is 13. The molecule has 0 saturated carbocycles. The van der Waals surface area contributed by atoms with Crippen LogP contribution in [0, 0.1) is 0 Å². The summed E-state index contributed by atoms with van der Waals surface area (Å²) in [6.07, 6.45) is -63.8. The third kappa shape index (κ3) is 12.6. The highest BCUT2D eigenvalue weighted by Gasteiger charge is 2.57. The van der Waals surface area contributed by atoms with Crippen LogP contribution >= 0.6 is 0 Å². The lowest BCUT2D eigenvalue weighted by atomic mass is 9.95. The lowest BCUT2D eigenvalue weighted by molar-refractivity contribution is -0.394. The first-order valence-corrected chi connectivity index (χ1v) is 23.5. The zero-order valence-corrected chi connectivity index (χ0v) is 38.7. The fourth-order valence-electron chi connectivity index (χ4n) is 9.21. The van der Waals surface area contributed by atoms with Gasteiger partial charge in [-0.15, -0.1) is 0 Å². The second kappa shape index (κ2) is 25.8. The van der Waals surface area contributed by atoms with E-state index in [9.17, 15) is 107 Å². The summed E-state index contributed by atoms with van der Waals surface area (Å²) in [5, 5.41) is 222. The van der Waals surface area contributed by atoms with Crippen molar-refractivity contribution in [2.75, 3.05) is 46.2 Å². The number of hydrogen-bond acceptors (Lipinski definition) is 34. The van der Waals surface area contributed by atoms with Gasteiger partial charge >= 0.3 is 0 Å². The van der Waals surface area contributed by atoms with Crippen molar-refractivity contribution in [1.82, 2.24) is 0 Å². The Kier molecular flexibility index (Phi) is 21.0. The molecule has 7 heterocycles. The predicted molar refractivity (Wildman–Crippen MR) is 220 cm³/mol. The Morgan fingerprint density at radius 2 is 0.622 bits per heavy atom. The van der Waals surface area contributed by atoms with Gasteiger partial charge in [0.05, 0.1) is 46.2 Å². The molecule has 0 unspecified atom stereocenters. The van der Waals surface area contributed by atoms with E-state index in [0.717, 1.165) is 0 Å². The third-order valence-electron chi connectivity index (χ3n) is 13.7. The highest BCUT2D eigenvalue weighted by molar-refractivity contribution is 4.99. The Labute approximate surface area is 417 Å². The van der Waals surface area contributed by atoms with E-state index in [4.69, 9.17) is 61.6 Å². The fourth-order valence-corrected chi connectivity index (χ4v) is 9.21. The summed E-state index contributed by atoms with van der Waals surface area (Å²) in [7, 11) is 0. The van der Waals surface area contributed by atoms with E-state index in [-0.39, 0.29) is 0 Å². The van der Waals surface area contributed by atoms with E-state index in [2.05, 4.69) is 0 Å². The van der Waals surface area contributed by atoms with Crippen molar-refractivity contribution < 1.29 is 169 Å². The number of rotatable bonds is 17. The Morgan fingerprint density at radius 1 is 0.284 bits per heavy atom. The molecule has 7 fully saturated rings. The van der Waals surface area contributed by atoms with E-state index < -0.39 is 249 Å². The van der Waals surface area contributed by atoms with E-state index in [1.54, 1.807) is 0 Å². The Hall–Kier alpha value is -1.36. The molecule has 432 valence electrons. The molecule has 34 nitrogen and oxygen atoms in total. The van der Waals surface area contributed by atoms with Crippen molar-refractivity contribution in [1.29, 1.82) is 0 Å². The molecule has 0 aromatic heterocycles. The van der Waals surface area contributed by atoms with Gasteiger partial charge in [-0.3, -0.25) is 0 Å². The number of hydrogen-bond donors (Lipinski definition) is 21. The van der Waals surface area contributed by atoms with Gasteiger partial charge in [-0.1, -0.05) is 0 Å². The van der Waals surface area contributed by atoms with E-state index >= 15 is 0 Å². The lowest BCUT2D eigenvalue weighted by Crippen LogP contribution is -2.68. The molecule has 7 rings (SSSR count). The van der Waals surface area contributed by atoms with Gasteiger partial charge in [-0.05, 0) is 0 Å². The minimum Gasteiger partial charge on any atom is -0.394 e. The minimum absolute atomic E-state index is 0.551. The Bertz CT molecular complexity index is 1710. The topological polar surface area (TPSA) is 545 Å². The summed E-state index contributed by atoms with van der Waals surface area (Å²) >= 11 is 0. The molecule has 0 spiro atoms. The van der Waals surface area contributed by atoms with Gasteiger partial charge in [0.25, 0.3) is 0 Å². The van der Waals surface area contributed by atoms with Crippen molar-refractivity contribution in [3.63, 3.8) is 0 Å². The van der Waals surface area contributed by atoms with Gasteiger partial charge in [-0.25, -0.2) is 0 Å². The van der Waals surface area contributed by atoms with Gasteiger partial charge in [0.1, 0.15) is 159 Å². The molecule has 21 N–H and O–H groups in total. The standard InChI is InChI=1S/C40H68O34/c41-1-10-17(48)19(50)26(57)36(67-10)72-31-13(6-64-35-25(56)15(46)8(44)4-62-35)69-39(29(60)23(31)54)73-32-14(70-38(28(59)22(32)53)71-30-12(3-43)66-34(61)24(55)21(30)52)7-65-40-33(16(47)9(45)5-63-40)74-37-27(58)20(51)18(49)11(2-42)68-37/h8-61H,1-7H2/t8-,9-,10-,11-,12-,13-,14-,15+,16+,17-,18+,19+,20+,21-,22-,23-,24-,25-,26-,27-,28-,29-,30-,31-,32-,33-,34-,35-,36+,37+,38+,39+,40-/m1/s1. The highest BCUT2D eigenvalue weighted by Crippen LogP contribution is 2.36. The second-order valence-corrected chi connectivity index (χ2v) is 18.8. The summed E-state index contributed by atoms with van der Waals surface area (Å²) in [6.45, 7) is -5.80. The summed E-state index contributed by atoms with van der Waals surface area (Å²) in [5.74, 6) is 0. The summed E-state index contributed by atoms with van der Waals surface area (Å²) in [6, 6.07) is 0. The van der Waals surface area contributed by atoms with Crippen LogP contribution in [0.4, 0.5) is 0 Å². The van der Waals surface area contributed by atoms with Crippen molar-refractivity contribution in [3.05, 3.63) is 0 Å². The molecule has 0 bridgehead atoms. The first-order chi connectivity index (χ1) is 35.0. The van der Waals surface area contributed by atoms with Crippen molar-refractivity contribution in [2.45, 2.75) is 203 Å². The van der Waals surface area contributed by atoms with Crippen LogP contribution in [-0.4, -0.2) is 356 Å². The monoisotopic (exact) mass is 1090 g/mol. The average Bonchev–Trinajstić information content (AvgIpc) is 3.38. The van der Waals surface area contributed by atoms with Crippen LogP contribution in [0.25, 0.3) is 0 Å². The van der Waals surface area contributed by atoms with Crippen molar-refractivity contribution >= 4 is 0 Å². The molecule has 7 aliphatic rings. The molecule has 0 radical (unpaired) electrons. The molecule has 0 aromatic carbocycles.